The predicted molar refractivity (Wildman–Crippen MR) is 104 cm³/mol. The molecule has 0 saturated carbocycles. The molecule has 0 radical (unpaired) electrons. The smallest absolute Gasteiger partial charge is 0.264 e. The van der Waals surface area contributed by atoms with E-state index in [9.17, 15) is 25.3 Å². The van der Waals surface area contributed by atoms with E-state index in [1.165, 1.54) is 50.6 Å². The average Bonchev–Trinajstić information content (AvgIpc) is 2.60. The van der Waals surface area contributed by atoms with E-state index < -0.39 is 34.8 Å². The van der Waals surface area contributed by atoms with Gasteiger partial charge >= 0.3 is 0 Å². The van der Waals surface area contributed by atoms with Gasteiger partial charge in [-0.05, 0) is 42.5 Å². The minimum atomic E-state index is -4.23. The highest BCUT2D eigenvalue weighted by molar-refractivity contribution is 7.93. The molecule has 0 aliphatic heterocycles. The maximum absolute atomic E-state index is 12.6. The van der Waals surface area contributed by atoms with Crippen LogP contribution in [0, 0.1) is 0 Å². The lowest BCUT2D eigenvalue weighted by atomic mass is 10.3. The molecule has 1 N–H and O–H groups in total. The lowest BCUT2D eigenvalue weighted by molar-refractivity contribution is -0.0258. The topological polar surface area (TPSA) is 127 Å². The monoisotopic (exact) mass is 468 g/mol. The second-order valence-corrected chi connectivity index (χ2v) is 11.6. The fourth-order valence-electron chi connectivity index (χ4n) is 2.07. The second kappa shape index (κ2) is 7.97. The number of anilines is 1. The number of hydrogen-bond acceptors (Lipinski definition) is 7. The van der Waals surface area contributed by atoms with Crippen molar-refractivity contribution in [1.82, 2.24) is 4.47 Å². The third-order valence-corrected chi connectivity index (χ3v) is 8.29. The van der Waals surface area contributed by atoms with Crippen LogP contribution in [-0.4, -0.2) is 50.1 Å². The number of hydroxylamine groups is 1. The predicted octanol–water partition coefficient (Wildman–Crippen LogP) is 1.73. The van der Waals surface area contributed by atoms with Gasteiger partial charge in [-0.2, -0.15) is 0 Å². The summed E-state index contributed by atoms with van der Waals surface area (Å²) in [5.41, 5.74) is 0.0554. The third kappa shape index (κ3) is 4.82. The molecule has 13 heteroatoms. The minimum absolute atomic E-state index is 0.0554. The van der Waals surface area contributed by atoms with Gasteiger partial charge in [-0.25, -0.2) is 25.3 Å². The number of sulfone groups is 1. The summed E-state index contributed by atoms with van der Waals surface area (Å²) in [5.74, 6) is 0. The molecule has 0 saturated heterocycles. The SMILES string of the molecule is CON(C)S(=O)(=O)c1ccc(NS(=O)(=O)c2cc(S(C)(=O)=O)ccc2Cl)cc1. The molecule has 0 aromatic heterocycles. The molecule has 0 fully saturated rings. The van der Waals surface area contributed by atoms with Crippen LogP contribution in [-0.2, 0) is 34.7 Å². The van der Waals surface area contributed by atoms with Crippen molar-refractivity contribution < 1.29 is 30.1 Å². The van der Waals surface area contributed by atoms with Gasteiger partial charge in [0.1, 0.15) is 4.90 Å². The quantitative estimate of drug-likeness (QED) is 0.613. The highest BCUT2D eigenvalue weighted by atomic mass is 35.5. The summed E-state index contributed by atoms with van der Waals surface area (Å²) in [7, 11) is -9.35. The van der Waals surface area contributed by atoms with Crippen LogP contribution in [0.25, 0.3) is 0 Å². The minimum Gasteiger partial charge on any atom is -0.288 e. The highest BCUT2D eigenvalue weighted by Gasteiger charge is 2.23. The average molecular weight is 469 g/mol. The normalized spacial score (nSPS) is 12.9. The van der Waals surface area contributed by atoms with Gasteiger partial charge in [0.05, 0.1) is 21.9 Å². The first kappa shape index (κ1) is 22.6. The van der Waals surface area contributed by atoms with Crippen molar-refractivity contribution in [2.45, 2.75) is 14.7 Å². The summed E-state index contributed by atoms with van der Waals surface area (Å²) < 4.78 is 75.7. The molecule has 0 atom stereocenters. The molecule has 0 aliphatic rings. The van der Waals surface area contributed by atoms with Gasteiger partial charge in [0.2, 0.25) is 0 Å². The molecule has 0 aliphatic carbocycles. The number of hydrogen-bond donors (Lipinski definition) is 1. The van der Waals surface area contributed by atoms with Crippen molar-refractivity contribution in [1.29, 1.82) is 0 Å². The molecule has 2 aromatic rings. The van der Waals surface area contributed by atoms with E-state index in [4.69, 9.17) is 11.6 Å². The van der Waals surface area contributed by atoms with E-state index in [1.807, 2.05) is 0 Å². The summed E-state index contributed by atoms with van der Waals surface area (Å²) in [6.45, 7) is 0. The van der Waals surface area contributed by atoms with Gasteiger partial charge < -0.3 is 0 Å². The van der Waals surface area contributed by atoms with Gasteiger partial charge in [-0.15, -0.1) is 0 Å². The first-order chi connectivity index (χ1) is 12.8. The maximum atomic E-state index is 12.6. The Hall–Kier alpha value is -1.70. The zero-order valence-electron chi connectivity index (χ0n) is 14.9. The Morgan fingerprint density at radius 2 is 1.46 bits per heavy atom. The van der Waals surface area contributed by atoms with Gasteiger partial charge in [0.15, 0.2) is 9.84 Å². The Morgan fingerprint density at radius 3 is 1.96 bits per heavy atom. The van der Waals surface area contributed by atoms with Gasteiger partial charge in [0.25, 0.3) is 20.0 Å². The van der Waals surface area contributed by atoms with Gasteiger partial charge in [-0.1, -0.05) is 16.1 Å². The zero-order chi connectivity index (χ0) is 21.3. The summed E-state index contributed by atoms with van der Waals surface area (Å²) in [5, 5.41) is -0.166. The number of sulfonamides is 2. The van der Waals surface area contributed by atoms with Gasteiger partial charge in [0, 0.05) is 19.0 Å². The van der Waals surface area contributed by atoms with Crippen molar-refractivity contribution >= 4 is 47.2 Å². The Labute approximate surface area is 168 Å². The molecule has 9 nitrogen and oxygen atoms in total. The molecule has 0 heterocycles. The molecule has 0 amide bonds. The van der Waals surface area contributed by atoms with Crippen molar-refractivity contribution in [2.24, 2.45) is 0 Å². The van der Waals surface area contributed by atoms with Crippen LogP contribution in [0.2, 0.25) is 5.02 Å². The summed E-state index contributed by atoms with van der Waals surface area (Å²) >= 11 is 5.92. The fraction of sp³-hybridized carbons (Fsp3) is 0.200. The molecule has 28 heavy (non-hydrogen) atoms. The van der Waals surface area contributed by atoms with Crippen LogP contribution in [0.1, 0.15) is 0 Å². The molecule has 0 bridgehead atoms. The van der Waals surface area contributed by atoms with E-state index in [0.29, 0.717) is 4.47 Å². The van der Waals surface area contributed by atoms with Crippen LogP contribution in [0.15, 0.2) is 57.2 Å². The number of benzene rings is 2. The van der Waals surface area contributed by atoms with Crippen LogP contribution >= 0.6 is 11.6 Å². The molecular formula is C15H17ClN2O7S3. The summed E-state index contributed by atoms with van der Waals surface area (Å²) in [4.78, 5) is 3.92. The van der Waals surface area contributed by atoms with Crippen LogP contribution in [0.4, 0.5) is 5.69 Å². The Bertz CT molecular complexity index is 1190. The Balaban J connectivity index is 2.38. The highest BCUT2D eigenvalue weighted by Crippen LogP contribution is 2.27. The Morgan fingerprint density at radius 1 is 0.929 bits per heavy atom. The molecule has 154 valence electrons. The van der Waals surface area contributed by atoms with Crippen LogP contribution in [0.3, 0.4) is 0 Å². The van der Waals surface area contributed by atoms with Crippen LogP contribution < -0.4 is 4.72 Å². The van der Waals surface area contributed by atoms with E-state index in [1.54, 1.807) is 0 Å². The molecule has 0 unspecified atom stereocenters. The van der Waals surface area contributed by atoms with Crippen molar-refractivity contribution in [3.05, 3.63) is 47.5 Å². The number of nitrogens with zero attached hydrogens (tertiary/aromatic N) is 1. The third-order valence-electron chi connectivity index (χ3n) is 3.62. The van der Waals surface area contributed by atoms with E-state index >= 15 is 0 Å². The summed E-state index contributed by atoms with van der Waals surface area (Å²) in [6.07, 6.45) is 0.941. The number of halogens is 1. The zero-order valence-corrected chi connectivity index (χ0v) is 18.2. The maximum Gasteiger partial charge on any atom is 0.264 e. The van der Waals surface area contributed by atoms with Crippen molar-refractivity contribution in [3.8, 4) is 0 Å². The lowest BCUT2D eigenvalue weighted by Gasteiger charge is -2.15. The first-order valence-electron chi connectivity index (χ1n) is 7.44. The number of nitrogens with one attached hydrogen (secondary N) is 1. The Kier molecular flexibility index (Phi) is 6.43. The molecule has 2 rings (SSSR count). The van der Waals surface area contributed by atoms with E-state index in [2.05, 4.69) is 9.56 Å². The fourth-order valence-corrected chi connectivity index (χ4v) is 5.35. The van der Waals surface area contributed by atoms with E-state index in [-0.39, 0.29) is 20.5 Å². The largest absolute Gasteiger partial charge is 0.288 e. The number of rotatable bonds is 7. The van der Waals surface area contributed by atoms with Gasteiger partial charge in [-0.3, -0.25) is 9.56 Å². The van der Waals surface area contributed by atoms with Crippen molar-refractivity contribution in [3.63, 3.8) is 0 Å². The lowest BCUT2D eigenvalue weighted by Crippen LogP contribution is -2.25. The molecular weight excluding hydrogens is 452 g/mol. The molecule has 2 aromatic carbocycles. The van der Waals surface area contributed by atoms with Crippen molar-refractivity contribution in [2.75, 3.05) is 25.1 Å². The van der Waals surface area contributed by atoms with Crippen LogP contribution in [0.5, 0.6) is 0 Å². The second-order valence-electron chi connectivity index (χ2n) is 5.59. The standard InChI is InChI=1S/C15H17ClN2O7S3/c1-18(25-2)28(23,24)12-6-4-11(5-7-12)17-27(21,22)15-10-13(26(3,19)20)8-9-14(15)16/h4-10,17H,1-3H3. The molecule has 0 spiro atoms. The first-order valence-corrected chi connectivity index (χ1v) is 12.6. The van der Waals surface area contributed by atoms with E-state index in [0.717, 1.165) is 12.3 Å². The summed E-state index contributed by atoms with van der Waals surface area (Å²) in [6, 6.07) is 8.18.